The van der Waals surface area contributed by atoms with Crippen molar-refractivity contribution in [2.75, 3.05) is 10.6 Å². The summed E-state index contributed by atoms with van der Waals surface area (Å²) in [5.41, 5.74) is 3.26. The van der Waals surface area contributed by atoms with Crippen LogP contribution in [-0.2, 0) is 17.9 Å². The van der Waals surface area contributed by atoms with E-state index in [4.69, 9.17) is 11.6 Å². The number of benzene rings is 2. The molecular weight excluding hydrogens is 498 g/mol. The predicted molar refractivity (Wildman–Crippen MR) is 152 cm³/mol. The maximum Gasteiger partial charge on any atom is 0.242 e. The molecule has 2 aromatic carbocycles. The van der Waals surface area contributed by atoms with Gasteiger partial charge in [-0.15, -0.1) is 0 Å². The van der Waals surface area contributed by atoms with Crippen LogP contribution in [0.15, 0.2) is 73.3 Å². The molecule has 4 aromatic rings. The van der Waals surface area contributed by atoms with Crippen molar-refractivity contribution in [2.24, 2.45) is 5.92 Å². The Hall–Kier alpha value is -3.91. The molecule has 2 aromatic heterocycles. The van der Waals surface area contributed by atoms with E-state index in [2.05, 4.69) is 44.7 Å². The molecule has 4 rings (SSSR count). The highest BCUT2D eigenvalue weighted by molar-refractivity contribution is 6.30. The van der Waals surface area contributed by atoms with E-state index in [0.717, 1.165) is 17.5 Å². The van der Waals surface area contributed by atoms with Crippen LogP contribution in [0.5, 0.6) is 0 Å². The van der Waals surface area contributed by atoms with E-state index < -0.39 is 6.04 Å². The van der Waals surface area contributed by atoms with Gasteiger partial charge in [-0.25, -0.2) is 4.98 Å². The number of hydrogen-bond donors (Lipinski definition) is 3. The minimum absolute atomic E-state index is 0.0672. The number of rotatable bonds is 12. The van der Waals surface area contributed by atoms with Crippen LogP contribution in [0.25, 0.3) is 5.82 Å². The van der Waals surface area contributed by atoms with Gasteiger partial charge in [0.25, 0.3) is 0 Å². The largest absolute Gasteiger partial charge is 0.358 e. The Balaban J connectivity index is 1.53. The van der Waals surface area contributed by atoms with Crippen molar-refractivity contribution >= 4 is 29.3 Å². The average Bonchev–Trinajstić information content (AvgIpc) is 3.44. The van der Waals surface area contributed by atoms with Crippen LogP contribution in [0.2, 0.25) is 5.02 Å². The van der Waals surface area contributed by atoms with Gasteiger partial charge in [0, 0.05) is 36.6 Å². The summed E-state index contributed by atoms with van der Waals surface area (Å²) in [6.45, 7) is 7.32. The highest BCUT2D eigenvalue weighted by atomic mass is 35.5. The number of anilines is 2. The van der Waals surface area contributed by atoms with E-state index in [0.29, 0.717) is 48.0 Å². The zero-order valence-electron chi connectivity index (χ0n) is 22.0. The SMILES string of the molecule is Cc1ccc(CNC(=O)C(CCC(C)C)Nc2cc(-n3ccnc3)nc(NCc3cccc(Cl)c3)n2)cc1. The second kappa shape index (κ2) is 13.1. The maximum atomic E-state index is 13.3. The van der Waals surface area contributed by atoms with Crippen LogP contribution in [0.3, 0.4) is 0 Å². The molecule has 0 bridgehead atoms. The molecule has 0 radical (unpaired) electrons. The second-order valence-electron chi connectivity index (χ2n) is 9.76. The molecule has 198 valence electrons. The van der Waals surface area contributed by atoms with Gasteiger partial charge in [-0.3, -0.25) is 9.36 Å². The zero-order chi connectivity index (χ0) is 26.9. The predicted octanol–water partition coefficient (Wildman–Crippen LogP) is 5.77. The van der Waals surface area contributed by atoms with Crippen LogP contribution >= 0.6 is 11.6 Å². The molecule has 1 amide bonds. The first kappa shape index (κ1) is 27.1. The van der Waals surface area contributed by atoms with Crippen LogP contribution in [0, 0.1) is 12.8 Å². The van der Waals surface area contributed by atoms with Gasteiger partial charge in [-0.05, 0) is 48.9 Å². The second-order valence-corrected chi connectivity index (χ2v) is 10.2. The van der Waals surface area contributed by atoms with Crippen molar-refractivity contribution in [1.29, 1.82) is 0 Å². The van der Waals surface area contributed by atoms with Gasteiger partial charge < -0.3 is 16.0 Å². The fraction of sp³-hybridized carbons (Fsp3) is 0.310. The standard InChI is InChI=1S/C29H34ClN7O/c1-20(2)7-12-25(28(38)32-17-22-10-8-21(3)9-11-22)34-26-16-27(37-14-13-31-19-37)36-29(35-26)33-18-23-5-4-6-24(30)15-23/h4-6,8-11,13-16,19-20,25H,7,12,17-18H2,1-3H3,(H,32,38)(H2,33,34,35,36). The number of nitrogens with one attached hydrogen (secondary N) is 3. The van der Waals surface area contributed by atoms with E-state index in [1.807, 2.05) is 67.7 Å². The average molecular weight is 532 g/mol. The van der Waals surface area contributed by atoms with E-state index >= 15 is 0 Å². The van der Waals surface area contributed by atoms with E-state index in [9.17, 15) is 4.79 Å². The molecule has 1 atom stereocenters. The lowest BCUT2D eigenvalue weighted by molar-refractivity contribution is -0.122. The highest BCUT2D eigenvalue weighted by Gasteiger charge is 2.20. The summed E-state index contributed by atoms with van der Waals surface area (Å²) >= 11 is 6.14. The first-order valence-electron chi connectivity index (χ1n) is 12.8. The van der Waals surface area contributed by atoms with Crippen LogP contribution in [-0.4, -0.2) is 31.5 Å². The minimum atomic E-state index is -0.450. The third-order valence-corrected chi connectivity index (χ3v) is 6.31. The Bertz CT molecular complexity index is 1320. The Labute approximate surface area is 228 Å². The molecular formula is C29H34ClN7O. The molecule has 0 saturated heterocycles. The van der Waals surface area contributed by atoms with Crippen molar-refractivity contribution < 1.29 is 4.79 Å². The summed E-state index contributed by atoms with van der Waals surface area (Å²) in [5, 5.41) is 10.4. The number of aryl methyl sites for hydroxylation is 1. The number of hydrogen-bond acceptors (Lipinski definition) is 6. The molecule has 0 aliphatic heterocycles. The number of halogens is 1. The quantitative estimate of drug-likeness (QED) is 0.215. The van der Waals surface area contributed by atoms with Crippen LogP contribution in [0.4, 0.5) is 11.8 Å². The molecule has 8 nitrogen and oxygen atoms in total. The third kappa shape index (κ3) is 8.05. The fourth-order valence-corrected chi connectivity index (χ4v) is 4.12. The maximum absolute atomic E-state index is 13.3. The molecule has 0 saturated carbocycles. The van der Waals surface area contributed by atoms with Gasteiger partial charge in [0.05, 0.1) is 0 Å². The highest BCUT2D eigenvalue weighted by Crippen LogP contribution is 2.19. The lowest BCUT2D eigenvalue weighted by Gasteiger charge is -2.21. The van der Waals surface area contributed by atoms with Gasteiger partial charge in [-0.1, -0.05) is 67.4 Å². The number of carbonyl (C=O) groups excluding carboxylic acids is 1. The molecule has 0 fully saturated rings. The summed E-state index contributed by atoms with van der Waals surface area (Å²) < 4.78 is 1.80. The van der Waals surface area contributed by atoms with Gasteiger partial charge in [0.2, 0.25) is 11.9 Å². The number of nitrogens with zero attached hydrogens (tertiary/aromatic N) is 4. The molecule has 1 unspecified atom stereocenters. The summed E-state index contributed by atoms with van der Waals surface area (Å²) in [4.78, 5) is 26.7. The third-order valence-electron chi connectivity index (χ3n) is 6.08. The van der Waals surface area contributed by atoms with Crippen molar-refractivity contribution in [3.8, 4) is 5.82 Å². The van der Waals surface area contributed by atoms with Gasteiger partial charge in [0.1, 0.15) is 24.0 Å². The summed E-state index contributed by atoms with van der Waals surface area (Å²) in [6.07, 6.45) is 6.76. The fourth-order valence-electron chi connectivity index (χ4n) is 3.91. The van der Waals surface area contributed by atoms with E-state index in [1.165, 1.54) is 5.56 Å². The summed E-state index contributed by atoms with van der Waals surface area (Å²) in [7, 11) is 0. The Morgan fingerprint density at radius 2 is 1.82 bits per heavy atom. The van der Waals surface area contributed by atoms with Crippen LogP contribution in [0.1, 0.15) is 43.4 Å². The molecule has 3 N–H and O–H groups in total. The molecule has 0 aliphatic rings. The van der Waals surface area contributed by atoms with E-state index in [-0.39, 0.29) is 5.91 Å². The first-order chi connectivity index (χ1) is 18.4. The topological polar surface area (TPSA) is 96.8 Å². The Kier molecular flexibility index (Phi) is 9.32. The van der Waals surface area contributed by atoms with Gasteiger partial charge in [0.15, 0.2) is 0 Å². The van der Waals surface area contributed by atoms with Crippen molar-refractivity contribution in [3.63, 3.8) is 0 Å². The Morgan fingerprint density at radius 3 is 2.53 bits per heavy atom. The van der Waals surface area contributed by atoms with Crippen LogP contribution < -0.4 is 16.0 Å². The zero-order valence-corrected chi connectivity index (χ0v) is 22.7. The lowest BCUT2D eigenvalue weighted by atomic mass is 10.0. The minimum Gasteiger partial charge on any atom is -0.358 e. The lowest BCUT2D eigenvalue weighted by Crippen LogP contribution is -2.39. The van der Waals surface area contributed by atoms with Gasteiger partial charge >= 0.3 is 0 Å². The van der Waals surface area contributed by atoms with E-state index in [1.54, 1.807) is 17.1 Å². The normalized spacial score (nSPS) is 11.8. The molecule has 0 spiro atoms. The number of carbonyl (C=O) groups is 1. The van der Waals surface area contributed by atoms with Crippen molar-refractivity contribution in [1.82, 2.24) is 24.8 Å². The monoisotopic (exact) mass is 531 g/mol. The van der Waals surface area contributed by atoms with Gasteiger partial charge in [-0.2, -0.15) is 9.97 Å². The molecule has 2 heterocycles. The summed E-state index contributed by atoms with van der Waals surface area (Å²) in [6, 6.07) is 17.2. The first-order valence-corrected chi connectivity index (χ1v) is 13.2. The van der Waals surface area contributed by atoms with Crippen molar-refractivity contribution in [2.45, 2.75) is 52.7 Å². The molecule has 0 aliphatic carbocycles. The Morgan fingerprint density at radius 1 is 1.00 bits per heavy atom. The number of aromatic nitrogens is 4. The number of amides is 1. The number of imidazole rings is 1. The molecule has 9 heteroatoms. The summed E-state index contributed by atoms with van der Waals surface area (Å²) in [5.74, 6) is 2.02. The molecule has 38 heavy (non-hydrogen) atoms. The van der Waals surface area contributed by atoms with Crippen molar-refractivity contribution in [3.05, 3.63) is 95.0 Å². The smallest absolute Gasteiger partial charge is 0.242 e.